The summed E-state index contributed by atoms with van der Waals surface area (Å²) >= 11 is 7.94. The predicted molar refractivity (Wildman–Crippen MR) is 115 cm³/mol. The van der Waals surface area contributed by atoms with Gasteiger partial charge in [-0.3, -0.25) is 4.31 Å². The number of fused-ring (bicyclic) bond motifs is 1. The molecule has 0 atom stereocenters. The Balaban J connectivity index is 2.19. The molecule has 3 rings (SSSR count). The van der Waals surface area contributed by atoms with Crippen LogP contribution in [0, 0.1) is 6.92 Å². The highest BCUT2D eigenvalue weighted by atomic mass is 35.5. The Kier molecular flexibility index (Phi) is 6.27. The summed E-state index contributed by atoms with van der Waals surface area (Å²) in [5.41, 5.74) is 9.58. The molecule has 0 bridgehead atoms. The highest BCUT2D eigenvalue weighted by molar-refractivity contribution is 7.97. The molecule has 1 aromatic heterocycles. The van der Waals surface area contributed by atoms with Crippen molar-refractivity contribution in [2.45, 2.75) is 18.4 Å². The molecule has 0 amide bonds. The first-order valence-corrected chi connectivity index (χ1v) is 9.84. The van der Waals surface area contributed by atoms with E-state index < -0.39 is 0 Å². The predicted octanol–water partition coefficient (Wildman–Crippen LogP) is 5.65. The van der Waals surface area contributed by atoms with Gasteiger partial charge in [-0.05, 0) is 74.9 Å². The number of halogens is 2. The van der Waals surface area contributed by atoms with Crippen LogP contribution >= 0.6 is 23.5 Å². The first-order chi connectivity index (χ1) is 12.9. The van der Waals surface area contributed by atoms with Gasteiger partial charge in [-0.1, -0.05) is 23.7 Å². The van der Waals surface area contributed by atoms with Gasteiger partial charge < -0.3 is 10.3 Å². The van der Waals surface area contributed by atoms with Crippen molar-refractivity contribution in [2.24, 2.45) is 5.73 Å². The van der Waals surface area contributed by atoms with Gasteiger partial charge in [0.2, 0.25) is 0 Å². The molecule has 27 heavy (non-hydrogen) atoms. The number of hydrogen-bond acceptors (Lipinski definition) is 3. The van der Waals surface area contributed by atoms with E-state index in [0.717, 1.165) is 32.6 Å². The Bertz CT molecular complexity index is 995. The van der Waals surface area contributed by atoms with Crippen LogP contribution in [0.15, 0.2) is 59.3 Å². The molecule has 1 heterocycles. The molecule has 0 aliphatic carbocycles. The van der Waals surface area contributed by atoms with Gasteiger partial charge in [-0.15, -0.1) is 0 Å². The molecule has 142 valence electrons. The fourth-order valence-corrected chi connectivity index (χ4v) is 4.20. The van der Waals surface area contributed by atoms with Crippen molar-refractivity contribution in [2.75, 3.05) is 20.6 Å². The molecular formula is C21H23ClFN3S. The molecule has 0 saturated heterocycles. The van der Waals surface area contributed by atoms with Crippen molar-refractivity contribution in [3.63, 3.8) is 0 Å². The molecule has 3 aromatic rings. The van der Waals surface area contributed by atoms with Crippen molar-refractivity contribution < 1.29 is 4.39 Å². The molecule has 0 saturated carbocycles. The maximum absolute atomic E-state index is 14.2. The topological polar surface area (TPSA) is 34.2 Å². The van der Waals surface area contributed by atoms with Crippen LogP contribution < -0.4 is 5.73 Å². The van der Waals surface area contributed by atoms with Crippen molar-refractivity contribution in [3.05, 3.63) is 65.1 Å². The number of hydrogen-bond donors (Lipinski definition) is 1. The van der Waals surface area contributed by atoms with Crippen molar-refractivity contribution in [1.29, 1.82) is 0 Å². The van der Waals surface area contributed by atoms with E-state index in [1.54, 1.807) is 11.9 Å². The number of nitrogens with two attached hydrogens (primary N) is 1. The van der Waals surface area contributed by atoms with Crippen LogP contribution in [0.5, 0.6) is 0 Å². The van der Waals surface area contributed by atoms with Crippen molar-refractivity contribution in [3.8, 4) is 11.1 Å². The molecule has 6 heteroatoms. The Labute approximate surface area is 168 Å². The summed E-state index contributed by atoms with van der Waals surface area (Å²) in [6.45, 7) is 2.37. The van der Waals surface area contributed by atoms with Crippen LogP contribution in [0.2, 0.25) is 5.02 Å². The smallest absolute Gasteiger partial charge is 0.117 e. The first-order valence-electron chi connectivity index (χ1n) is 8.69. The molecule has 0 unspecified atom stereocenters. The fourth-order valence-electron chi connectivity index (χ4n) is 3.29. The standard InChI is InChI=1S/C21H23ClFN3S/c1-14-21(15-5-4-6-18(11-15)27-25(2)3)19-12-16(22)7-8-20(19)26(14)13-17(23)9-10-24/h4-9,11-12H,10,13,24H2,1-3H3/b17-9-. The van der Waals surface area contributed by atoms with E-state index >= 15 is 0 Å². The average molecular weight is 404 g/mol. The fraction of sp³-hybridized carbons (Fsp3) is 0.238. The second kappa shape index (κ2) is 8.48. The molecule has 0 spiro atoms. The zero-order valence-electron chi connectivity index (χ0n) is 15.7. The Hall–Kier alpha value is -1.79. The third-order valence-corrected chi connectivity index (χ3v) is 5.41. The summed E-state index contributed by atoms with van der Waals surface area (Å²) in [6.07, 6.45) is 1.41. The maximum Gasteiger partial charge on any atom is 0.117 e. The van der Waals surface area contributed by atoms with Gasteiger partial charge in [0, 0.05) is 38.6 Å². The summed E-state index contributed by atoms with van der Waals surface area (Å²) in [4.78, 5) is 1.15. The number of nitrogens with zero attached hydrogens (tertiary/aromatic N) is 2. The molecule has 0 aliphatic rings. The minimum atomic E-state index is -0.240. The van der Waals surface area contributed by atoms with E-state index in [2.05, 4.69) is 22.5 Å². The molecule has 3 nitrogen and oxygen atoms in total. The van der Waals surface area contributed by atoms with Crippen LogP contribution in [-0.2, 0) is 6.54 Å². The van der Waals surface area contributed by atoms with E-state index in [1.807, 2.05) is 49.9 Å². The van der Waals surface area contributed by atoms with E-state index in [4.69, 9.17) is 17.3 Å². The number of benzene rings is 2. The van der Waals surface area contributed by atoms with Crippen LogP contribution in [-0.4, -0.2) is 29.5 Å². The van der Waals surface area contributed by atoms with Crippen LogP contribution in [0.3, 0.4) is 0 Å². The Morgan fingerprint density at radius 1 is 1.26 bits per heavy atom. The van der Waals surface area contributed by atoms with E-state index in [0.29, 0.717) is 5.02 Å². The summed E-state index contributed by atoms with van der Waals surface area (Å²) in [5.74, 6) is -0.240. The summed E-state index contributed by atoms with van der Waals surface area (Å²) in [7, 11) is 4.03. The average Bonchev–Trinajstić information content (AvgIpc) is 2.86. The summed E-state index contributed by atoms with van der Waals surface area (Å²) in [5, 5.41) is 1.69. The van der Waals surface area contributed by atoms with Crippen molar-refractivity contribution in [1.82, 2.24) is 8.87 Å². The zero-order valence-corrected chi connectivity index (χ0v) is 17.2. The first kappa shape index (κ1) is 20.0. The highest BCUT2D eigenvalue weighted by Gasteiger charge is 2.17. The molecular weight excluding hydrogens is 381 g/mol. The van der Waals surface area contributed by atoms with Gasteiger partial charge in [-0.25, -0.2) is 4.39 Å². The van der Waals surface area contributed by atoms with Gasteiger partial charge in [0.1, 0.15) is 5.83 Å². The minimum absolute atomic E-state index is 0.160. The van der Waals surface area contributed by atoms with E-state index in [9.17, 15) is 4.39 Å². The molecule has 2 N–H and O–H groups in total. The lowest BCUT2D eigenvalue weighted by atomic mass is 10.0. The largest absolute Gasteiger partial charge is 0.337 e. The van der Waals surface area contributed by atoms with Crippen LogP contribution in [0.4, 0.5) is 4.39 Å². The van der Waals surface area contributed by atoms with Gasteiger partial charge >= 0.3 is 0 Å². The lowest BCUT2D eigenvalue weighted by Gasteiger charge is -2.11. The third kappa shape index (κ3) is 4.38. The SMILES string of the molecule is Cc1c(-c2cccc(SN(C)C)c2)c2cc(Cl)ccc2n1C/C(F)=C/CN. The Morgan fingerprint density at radius 2 is 2.04 bits per heavy atom. The lowest BCUT2D eigenvalue weighted by Crippen LogP contribution is -2.03. The van der Waals surface area contributed by atoms with Crippen LogP contribution in [0.1, 0.15) is 5.69 Å². The maximum atomic E-state index is 14.2. The van der Waals surface area contributed by atoms with Gasteiger partial charge in [0.15, 0.2) is 0 Å². The monoisotopic (exact) mass is 403 g/mol. The highest BCUT2D eigenvalue weighted by Crippen LogP contribution is 2.38. The number of rotatable bonds is 6. The quantitative estimate of drug-likeness (QED) is 0.540. The number of aromatic nitrogens is 1. The molecule has 0 fully saturated rings. The molecule has 0 radical (unpaired) electrons. The van der Waals surface area contributed by atoms with E-state index in [-0.39, 0.29) is 18.9 Å². The number of allylic oxidation sites excluding steroid dienone is 1. The van der Waals surface area contributed by atoms with Crippen molar-refractivity contribution >= 4 is 34.5 Å². The second-order valence-corrected chi connectivity index (χ2v) is 8.35. The molecule has 0 aliphatic heterocycles. The zero-order chi connectivity index (χ0) is 19.6. The van der Waals surface area contributed by atoms with E-state index in [1.165, 1.54) is 6.08 Å². The van der Waals surface area contributed by atoms with Gasteiger partial charge in [-0.2, -0.15) is 0 Å². The van der Waals surface area contributed by atoms with Crippen LogP contribution in [0.25, 0.3) is 22.0 Å². The second-order valence-electron chi connectivity index (χ2n) is 6.53. The minimum Gasteiger partial charge on any atom is -0.337 e. The van der Waals surface area contributed by atoms with Gasteiger partial charge in [0.05, 0.1) is 6.54 Å². The Morgan fingerprint density at radius 3 is 2.74 bits per heavy atom. The third-order valence-electron chi connectivity index (χ3n) is 4.34. The lowest BCUT2D eigenvalue weighted by molar-refractivity contribution is 0.555. The molecule has 2 aromatic carbocycles. The summed E-state index contributed by atoms with van der Waals surface area (Å²) in [6, 6.07) is 14.1. The normalized spacial score (nSPS) is 12.3. The summed E-state index contributed by atoms with van der Waals surface area (Å²) < 4.78 is 18.3. The van der Waals surface area contributed by atoms with Gasteiger partial charge in [0.25, 0.3) is 0 Å².